The summed E-state index contributed by atoms with van der Waals surface area (Å²) < 4.78 is 7.91. The van der Waals surface area contributed by atoms with E-state index in [1.807, 2.05) is 0 Å². The zero-order valence-electron chi connectivity index (χ0n) is 9.13. The van der Waals surface area contributed by atoms with Gasteiger partial charge >= 0.3 is 0 Å². The first kappa shape index (κ1) is 11.8. The van der Waals surface area contributed by atoms with Gasteiger partial charge in [0.25, 0.3) is 0 Å². The molecule has 0 aliphatic heterocycles. The Balaban J connectivity index is 2.06. The van der Waals surface area contributed by atoms with Crippen molar-refractivity contribution in [2.45, 2.75) is 6.61 Å². The van der Waals surface area contributed by atoms with Crippen LogP contribution in [0.4, 0.5) is 0 Å². The lowest BCUT2D eigenvalue weighted by molar-refractivity contribution is 0.112. The van der Waals surface area contributed by atoms with Crippen molar-refractivity contribution in [2.75, 3.05) is 0 Å². The highest BCUT2D eigenvalue weighted by Gasteiger charge is 2.04. The summed E-state index contributed by atoms with van der Waals surface area (Å²) in [5.41, 5.74) is 1.35. The van der Waals surface area contributed by atoms with Crippen molar-refractivity contribution in [1.82, 2.24) is 15.0 Å². The molecule has 0 amide bonds. The van der Waals surface area contributed by atoms with Gasteiger partial charge in [0.1, 0.15) is 24.3 Å². The highest BCUT2D eigenvalue weighted by atomic mass is 79.9. The van der Waals surface area contributed by atoms with E-state index < -0.39 is 0 Å². The molecule has 0 fully saturated rings. The van der Waals surface area contributed by atoms with E-state index >= 15 is 0 Å². The van der Waals surface area contributed by atoms with Gasteiger partial charge in [-0.2, -0.15) is 0 Å². The van der Waals surface area contributed by atoms with Gasteiger partial charge in [0.2, 0.25) is 0 Å². The molecule has 0 aliphatic carbocycles. The van der Waals surface area contributed by atoms with Crippen LogP contribution in [-0.4, -0.2) is 21.3 Å². The molecule has 0 bridgehead atoms. The molecule has 0 spiro atoms. The number of aldehydes is 1. The molecule has 0 atom stereocenters. The van der Waals surface area contributed by atoms with E-state index in [0.717, 1.165) is 16.5 Å². The number of hydrogen-bond donors (Lipinski definition) is 0. The molecule has 5 nitrogen and oxygen atoms in total. The normalized spacial score (nSPS) is 10.2. The largest absolute Gasteiger partial charge is 0.486 e. The van der Waals surface area contributed by atoms with Crippen LogP contribution in [0.15, 0.2) is 28.9 Å². The fourth-order valence-electron chi connectivity index (χ4n) is 1.32. The van der Waals surface area contributed by atoms with E-state index in [1.165, 1.54) is 0 Å². The number of carbonyl (C=O) groups excluding carboxylic acids is 1. The molecule has 0 aliphatic rings. The standard InChI is InChI=1S/C11H10BrN3O2/c1-15-5-9(13-14-15)7-17-11-3-2-8(6-16)4-10(11)12/h2-6H,7H2,1H3. The smallest absolute Gasteiger partial charge is 0.150 e. The third-order valence-corrected chi connectivity index (χ3v) is 2.74. The number of hydrogen-bond acceptors (Lipinski definition) is 4. The number of rotatable bonds is 4. The van der Waals surface area contributed by atoms with Gasteiger partial charge in [-0.25, -0.2) is 0 Å². The Kier molecular flexibility index (Phi) is 3.53. The third kappa shape index (κ3) is 2.91. The molecule has 0 N–H and O–H groups in total. The maximum absolute atomic E-state index is 10.6. The van der Waals surface area contributed by atoms with Gasteiger partial charge in [0.15, 0.2) is 0 Å². The van der Waals surface area contributed by atoms with Gasteiger partial charge < -0.3 is 4.74 Å². The fraction of sp³-hybridized carbons (Fsp3) is 0.182. The van der Waals surface area contributed by atoms with Crippen LogP contribution in [0.25, 0.3) is 0 Å². The number of benzene rings is 1. The van der Waals surface area contributed by atoms with Crippen LogP contribution in [0.5, 0.6) is 5.75 Å². The summed E-state index contributed by atoms with van der Waals surface area (Å²) in [5.74, 6) is 0.668. The summed E-state index contributed by atoms with van der Waals surface area (Å²) in [6.45, 7) is 0.340. The molecular weight excluding hydrogens is 286 g/mol. The first-order chi connectivity index (χ1) is 8.19. The molecule has 0 saturated heterocycles. The summed E-state index contributed by atoms with van der Waals surface area (Å²) >= 11 is 3.34. The maximum Gasteiger partial charge on any atom is 0.150 e. The minimum absolute atomic E-state index is 0.340. The molecule has 2 rings (SSSR count). The Morgan fingerprint density at radius 1 is 1.53 bits per heavy atom. The lowest BCUT2D eigenvalue weighted by Gasteiger charge is -2.06. The Bertz CT molecular complexity index is 539. The minimum atomic E-state index is 0.340. The molecule has 1 heterocycles. The summed E-state index contributed by atoms with van der Waals surface area (Å²) in [6, 6.07) is 5.15. The molecule has 2 aromatic rings. The summed E-state index contributed by atoms with van der Waals surface area (Å²) in [6.07, 6.45) is 2.57. The van der Waals surface area contributed by atoms with Crippen LogP contribution >= 0.6 is 15.9 Å². The Labute approximate surface area is 107 Å². The summed E-state index contributed by atoms with van der Waals surface area (Å²) in [4.78, 5) is 10.6. The predicted octanol–water partition coefficient (Wildman–Crippen LogP) is 1.97. The second-order valence-corrected chi connectivity index (χ2v) is 4.33. The van der Waals surface area contributed by atoms with E-state index in [9.17, 15) is 4.79 Å². The van der Waals surface area contributed by atoms with Gasteiger partial charge in [-0.15, -0.1) is 5.10 Å². The fourth-order valence-corrected chi connectivity index (χ4v) is 1.83. The first-order valence-electron chi connectivity index (χ1n) is 4.92. The third-order valence-electron chi connectivity index (χ3n) is 2.12. The van der Waals surface area contributed by atoms with Crippen molar-refractivity contribution < 1.29 is 9.53 Å². The topological polar surface area (TPSA) is 57.0 Å². The van der Waals surface area contributed by atoms with Gasteiger partial charge in [-0.1, -0.05) is 5.21 Å². The van der Waals surface area contributed by atoms with Gasteiger partial charge in [0, 0.05) is 12.6 Å². The second kappa shape index (κ2) is 5.09. The van der Waals surface area contributed by atoms with Gasteiger partial charge in [-0.3, -0.25) is 9.48 Å². The molecule has 88 valence electrons. The van der Waals surface area contributed by atoms with E-state index in [-0.39, 0.29) is 0 Å². The first-order valence-corrected chi connectivity index (χ1v) is 5.71. The SMILES string of the molecule is Cn1cc(COc2ccc(C=O)cc2Br)nn1. The summed E-state index contributed by atoms with van der Waals surface area (Å²) in [5, 5.41) is 7.72. The quantitative estimate of drug-likeness (QED) is 0.809. The van der Waals surface area contributed by atoms with Crippen molar-refractivity contribution in [2.24, 2.45) is 7.05 Å². The van der Waals surface area contributed by atoms with E-state index in [4.69, 9.17) is 4.74 Å². The number of aryl methyl sites for hydroxylation is 1. The van der Waals surface area contributed by atoms with E-state index in [1.54, 1.807) is 36.1 Å². The number of nitrogens with zero attached hydrogens (tertiary/aromatic N) is 3. The van der Waals surface area contributed by atoms with Crippen molar-refractivity contribution in [1.29, 1.82) is 0 Å². The minimum Gasteiger partial charge on any atom is -0.486 e. The maximum atomic E-state index is 10.6. The van der Waals surface area contributed by atoms with Gasteiger partial charge in [-0.05, 0) is 34.1 Å². The molecule has 0 saturated carbocycles. The lowest BCUT2D eigenvalue weighted by atomic mass is 10.2. The van der Waals surface area contributed by atoms with Crippen LogP contribution in [0.3, 0.4) is 0 Å². The molecule has 0 unspecified atom stereocenters. The molecule has 1 aromatic heterocycles. The Morgan fingerprint density at radius 2 is 2.35 bits per heavy atom. The highest BCUT2D eigenvalue weighted by Crippen LogP contribution is 2.26. The monoisotopic (exact) mass is 295 g/mol. The van der Waals surface area contributed by atoms with Crippen molar-refractivity contribution in [3.8, 4) is 5.75 Å². The number of aromatic nitrogens is 3. The van der Waals surface area contributed by atoms with Crippen molar-refractivity contribution in [3.63, 3.8) is 0 Å². The van der Waals surface area contributed by atoms with Crippen LogP contribution in [0.2, 0.25) is 0 Å². The molecule has 17 heavy (non-hydrogen) atoms. The van der Waals surface area contributed by atoms with Crippen molar-refractivity contribution >= 4 is 22.2 Å². The molecule has 0 radical (unpaired) electrons. The average molecular weight is 296 g/mol. The zero-order valence-corrected chi connectivity index (χ0v) is 10.7. The molecule has 1 aromatic carbocycles. The molecule has 6 heteroatoms. The van der Waals surface area contributed by atoms with Crippen LogP contribution < -0.4 is 4.74 Å². The van der Waals surface area contributed by atoms with E-state index in [0.29, 0.717) is 17.9 Å². The number of halogens is 1. The number of carbonyl (C=O) groups is 1. The second-order valence-electron chi connectivity index (χ2n) is 3.48. The van der Waals surface area contributed by atoms with E-state index in [2.05, 4.69) is 26.2 Å². The van der Waals surface area contributed by atoms with Crippen LogP contribution in [0, 0.1) is 0 Å². The van der Waals surface area contributed by atoms with Crippen LogP contribution in [0.1, 0.15) is 16.1 Å². The van der Waals surface area contributed by atoms with Crippen LogP contribution in [-0.2, 0) is 13.7 Å². The van der Waals surface area contributed by atoms with Crippen molar-refractivity contribution in [3.05, 3.63) is 40.1 Å². The predicted molar refractivity (Wildman–Crippen MR) is 64.9 cm³/mol. The Morgan fingerprint density at radius 3 is 2.94 bits per heavy atom. The molecular formula is C11H10BrN3O2. The lowest BCUT2D eigenvalue weighted by Crippen LogP contribution is -1.97. The summed E-state index contributed by atoms with van der Waals surface area (Å²) in [7, 11) is 1.80. The highest BCUT2D eigenvalue weighted by molar-refractivity contribution is 9.10. The number of ether oxygens (including phenoxy) is 1. The van der Waals surface area contributed by atoms with Gasteiger partial charge in [0.05, 0.1) is 10.7 Å². The zero-order chi connectivity index (χ0) is 12.3. The average Bonchev–Trinajstić information content (AvgIpc) is 2.73. The Hall–Kier alpha value is -1.69.